The third-order valence-electron chi connectivity index (χ3n) is 1.52. The van der Waals surface area contributed by atoms with Gasteiger partial charge in [-0.25, -0.2) is 4.98 Å². The molecular weight excluding hydrogens is 138 g/mol. The zero-order valence-electron chi connectivity index (χ0n) is 5.78. The zero-order valence-corrected chi connectivity index (χ0v) is 5.78. The molecule has 1 N–H and O–H groups in total. The van der Waals surface area contributed by atoms with E-state index in [2.05, 4.69) is 9.97 Å². The van der Waals surface area contributed by atoms with Crippen LogP contribution in [0.25, 0.3) is 10.8 Å². The number of aromatic nitrogens is 2. The highest BCUT2D eigenvalue weighted by atomic mass is 14.8. The highest BCUT2D eigenvalue weighted by Gasteiger charge is 1.92. The molecule has 2 aromatic heterocycles. The zero-order chi connectivity index (χ0) is 7.68. The van der Waals surface area contributed by atoms with Gasteiger partial charge in [0.05, 0.1) is 0 Å². The number of pyridine rings is 2. The number of nitrogens with one attached hydrogen (secondary N) is 1. The van der Waals surface area contributed by atoms with Gasteiger partial charge in [-0.05, 0) is 17.5 Å². The van der Waals surface area contributed by atoms with Crippen molar-refractivity contribution >= 4 is 16.6 Å². The van der Waals surface area contributed by atoms with Crippen molar-refractivity contribution in [2.45, 2.75) is 0 Å². The van der Waals surface area contributed by atoms with Crippen molar-refractivity contribution in [3.8, 4) is 0 Å². The van der Waals surface area contributed by atoms with Gasteiger partial charge in [0.1, 0.15) is 5.82 Å². The van der Waals surface area contributed by atoms with Gasteiger partial charge in [-0.15, -0.1) is 0 Å². The molecule has 1 radical (unpaired) electrons. The molecule has 0 saturated carbocycles. The van der Waals surface area contributed by atoms with Crippen LogP contribution < -0.4 is 5.73 Å². The minimum absolute atomic E-state index is 0.295. The van der Waals surface area contributed by atoms with E-state index in [1.165, 1.54) is 0 Å². The SMILES string of the molecule is [NH]c1cc2ccncc2cn1. The highest BCUT2D eigenvalue weighted by Crippen LogP contribution is 2.12. The van der Waals surface area contributed by atoms with E-state index in [0.29, 0.717) is 5.82 Å². The lowest BCUT2D eigenvalue weighted by Crippen LogP contribution is -1.79. The second-order valence-corrected chi connectivity index (χ2v) is 2.29. The van der Waals surface area contributed by atoms with E-state index < -0.39 is 0 Å². The Bertz CT molecular complexity index is 384. The topological polar surface area (TPSA) is 49.6 Å². The number of rotatable bonds is 0. The third kappa shape index (κ3) is 1.00. The molecule has 0 saturated heterocycles. The highest BCUT2D eigenvalue weighted by molar-refractivity contribution is 5.82. The molecule has 3 heteroatoms. The van der Waals surface area contributed by atoms with Crippen molar-refractivity contribution in [2.24, 2.45) is 0 Å². The molecule has 0 amide bonds. The number of nitrogens with zero attached hydrogens (tertiary/aromatic N) is 2. The Labute approximate surface area is 63.9 Å². The van der Waals surface area contributed by atoms with Gasteiger partial charge < -0.3 is 0 Å². The number of hydrogen-bond acceptors (Lipinski definition) is 2. The van der Waals surface area contributed by atoms with Crippen molar-refractivity contribution < 1.29 is 0 Å². The predicted octanol–water partition coefficient (Wildman–Crippen LogP) is 1.54. The molecule has 0 bridgehead atoms. The fourth-order valence-corrected chi connectivity index (χ4v) is 0.980. The van der Waals surface area contributed by atoms with Gasteiger partial charge in [0.2, 0.25) is 0 Å². The molecule has 0 fully saturated rings. The molecule has 0 aliphatic carbocycles. The fourth-order valence-electron chi connectivity index (χ4n) is 0.980. The molecule has 0 spiro atoms. The van der Waals surface area contributed by atoms with E-state index >= 15 is 0 Å². The molecule has 0 atom stereocenters. The Hall–Kier alpha value is -1.64. The Balaban J connectivity index is 2.83. The second-order valence-electron chi connectivity index (χ2n) is 2.29. The van der Waals surface area contributed by atoms with Crippen molar-refractivity contribution in [1.82, 2.24) is 15.7 Å². The first-order valence-corrected chi connectivity index (χ1v) is 3.27. The lowest BCUT2D eigenvalue weighted by atomic mass is 10.2. The summed E-state index contributed by atoms with van der Waals surface area (Å²) >= 11 is 0. The first-order chi connectivity index (χ1) is 5.36. The largest absolute Gasteiger partial charge is 0.283 e. The molecule has 0 aromatic carbocycles. The van der Waals surface area contributed by atoms with Crippen LogP contribution >= 0.6 is 0 Å². The van der Waals surface area contributed by atoms with Crippen LogP contribution in [-0.2, 0) is 0 Å². The first kappa shape index (κ1) is 6.09. The Morgan fingerprint density at radius 2 is 2.09 bits per heavy atom. The van der Waals surface area contributed by atoms with Crippen molar-refractivity contribution in [2.75, 3.05) is 0 Å². The van der Waals surface area contributed by atoms with Gasteiger partial charge in [0.15, 0.2) is 0 Å². The van der Waals surface area contributed by atoms with Gasteiger partial charge in [0.25, 0.3) is 0 Å². The summed E-state index contributed by atoms with van der Waals surface area (Å²) in [4.78, 5) is 7.78. The monoisotopic (exact) mass is 144 g/mol. The van der Waals surface area contributed by atoms with Gasteiger partial charge >= 0.3 is 0 Å². The lowest BCUT2D eigenvalue weighted by Gasteiger charge is -1.94. The van der Waals surface area contributed by atoms with E-state index in [9.17, 15) is 0 Å². The molecule has 0 aliphatic heterocycles. The summed E-state index contributed by atoms with van der Waals surface area (Å²) in [6, 6.07) is 3.59. The maximum absolute atomic E-state index is 7.25. The van der Waals surface area contributed by atoms with Crippen LogP contribution in [0, 0.1) is 0 Å². The van der Waals surface area contributed by atoms with E-state index in [1.807, 2.05) is 6.07 Å². The van der Waals surface area contributed by atoms with Crippen molar-refractivity contribution in [3.05, 3.63) is 30.7 Å². The average Bonchev–Trinajstić information content (AvgIpc) is 2.04. The van der Waals surface area contributed by atoms with Crippen LogP contribution in [0.2, 0.25) is 0 Å². The summed E-state index contributed by atoms with van der Waals surface area (Å²) in [5, 5.41) is 1.99. The molecule has 2 rings (SSSR count). The van der Waals surface area contributed by atoms with Crippen LogP contribution in [0.1, 0.15) is 0 Å². The summed E-state index contributed by atoms with van der Waals surface area (Å²) in [6.07, 6.45) is 5.11. The summed E-state index contributed by atoms with van der Waals surface area (Å²) in [6.45, 7) is 0. The standard InChI is InChI=1S/C8H6N3/c9-8-3-6-1-2-10-4-7(6)5-11-8/h1-5,9H. The smallest absolute Gasteiger partial charge is 0.145 e. The minimum Gasteiger partial charge on any atom is -0.283 e. The van der Waals surface area contributed by atoms with Gasteiger partial charge in [0, 0.05) is 24.0 Å². The maximum atomic E-state index is 7.25. The molecule has 0 unspecified atom stereocenters. The fraction of sp³-hybridized carbons (Fsp3) is 0. The first-order valence-electron chi connectivity index (χ1n) is 3.27. The lowest BCUT2D eigenvalue weighted by molar-refractivity contribution is 1.26. The Kier molecular flexibility index (Phi) is 1.22. The van der Waals surface area contributed by atoms with Crippen LogP contribution in [0.4, 0.5) is 5.82 Å². The molecule has 3 nitrogen and oxygen atoms in total. The Morgan fingerprint density at radius 3 is 3.00 bits per heavy atom. The second kappa shape index (κ2) is 2.20. The van der Waals surface area contributed by atoms with E-state index in [1.54, 1.807) is 24.7 Å². The minimum atomic E-state index is 0.295. The predicted molar refractivity (Wildman–Crippen MR) is 42.3 cm³/mol. The van der Waals surface area contributed by atoms with E-state index in [-0.39, 0.29) is 0 Å². The third-order valence-corrected chi connectivity index (χ3v) is 1.52. The van der Waals surface area contributed by atoms with Crippen LogP contribution in [0.5, 0.6) is 0 Å². The molecular formula is C8H6N3. The van der Waals surface area contributed by atoms with Crippen LogP contribution in [-0.4, -0.2) is 9.97 Å². The van der Waals surface area contributed by atoms with E-state index in [0.717, 1.165) is 10.8 Å². The number of fused-ring (bicyclic) bond motifs is 1. The van der Waals surface area contributed by atoms with Gasteiger partial charge in [-0.3, -0.25) is 10.7 Å². The van der Waals surface area contributed by atoms with Crippen molar-refractivity contribution in [3.63, 3.8) is 0 Å². The van der Waals surface area contributed by atoms with Gasteiger partial charge in [-0.1, -0.05) is 0 Å². The average molecular weight is 144 g/mol. The summed E-state index contributed by atoms with van der Waals surface area (Å²) in [5.74, 6) is 0.295. The van der Waals surface area contributed by atoms with Gasteiger partial charge in [-0.2, -0.15) is 0 Å². The molecule has 0 aliphatic rings. The summed E-state index contributed by atoms with van der Waals surface area (Å²) in [7, 11) is 0. The summed E-state index contributed by atoms with van der Waals surface area (Å²) in [5.41, 5.74) is 7.25. The normalized spacial score (nSPS) is 10.2. The van der Waals surface area contributed by atoms with Crippen molar-refractivity contribution in [1.29, 1.82) is 0 Å². The van der Waals surface area contributed by atoms with E-state index in [4.69, 9.17) is 5.73 Å². The van der Waals surface area contributed by atoms with Crippen LogP contribution in [0.3, 0.4) is 0 Å². The molecule has 2 aromatic rings. The maximum Gasteiger partial charge on any atom is 0.145 e. The molecule has 53 valence electrons. The summed E-state index contributed by atoms with van der Waals surface area (Å²) < 4.78 is 0. The molecule has 11 heavy (non-hydrogen) atoms. The van der Waals surface area contributed by atoms with Crippen LogP contribution in [0.15, 0.2) is 30.7 Å². The Morgan fingerprint density at radius 1 is 1.18 bits per heavy atom. The number of hydrogen-bond donors (Lipinski definition) is 0. The molecule has 2 heterocycles. The quantitative estimate of drug-likeness (QED) is 0.563.